The van der Waals surface area contributed by atoms with E-state index in [1.54, 1.807) is 10.7 Å². The van der Waals surface area contributed by atoms with Gasteiger partial charge in [0, 0.05) is 34.7 Å². The van der Waals surface area contributed by atoms with Crippen LogP contribution in [0.2, 0.25) is 0 Å². The summed E-state index contributed by atoms with van der Waals surface area (Å²) in [7, 11) is -4.22. The van der Waals surface area contributed by atoms with Crippen molar-refractivity contribution in [3.05, 3.63) is 100 Å². The minimum absolute atomic E-state index is 0.0699. The monoisotopic (exact) mass is 631 g/mol. The van der Waals surface area contributed by atoms with E-state index in [1.165, 1.54) is 28.8 Å². The Hall–Kier alpha value is -4.26. The summed E-state index contributed by atoms with van der Waals surface area (Å²) in [4.78, 5) is 20.1. The summed E-state index contributed by atoms with van der Waals surface area (Å²) in [6, 6.07) is 15.8. The van der Waals surface area contributed by atoms with E-state index in [2.05, 4.69) is 29.9 Å². The fourth-order valence-corrected chi connectivity index (χ4v) is 6.52. The quantitative estimate of drug-likeness (QED) is 0.187. The predicted molar refractivity (Wildman–Crippen MR) is 166 cm³/mol. The summed E-state index contributed by atoms with van der Waals surface area (Å²) in [5, 5.41) is 21.6. The zero-order chi connectivity index (χ0) is 31.2. The van der Waals surface area contributed by atoms with Crippen LogP contribution < -0.4 is 5.14 Å². The van der Waals surface area contributed by atoms with Crippen LogP contribution in [0.5, 0.6) is 0 Å². The number of thiazole rings is 1. The van der Waals surface area contributed by atoms with E-state index < -0.39 is 26.7 Å². The highest BCUT2D eigenvalue weighted by Gasteiger charge is 2.29. The average molecular weight is 632 g/mol. The van der Waals surface area contributed by atoms with E-state index in [9.17, 15) is 22.7 Å². The molecule has 0 radical (unpaired) electrons. The zero-order valence-electron chi connectivity index (χ0n) is 24.1. The maximum absolute atomic E-state index is 14.9. The highest BCUT2D eigenvalue weighted by molar-refractivity contribution is 7.89. The van der Waals surface area contributed by atoms with Crippen LogP contribution in [0.15, 0.2) is 71.1 Å². The van der Waals surface area contributed by atoms with Crippen LogP contribution in [-0.4, -0.2) is 39.2 Å². The van der Waals surface area contributed by atoms with Gasteiger partial charge in [-0.05, 0) is 66.5 Å². The van der Waals surface area contributed by atoms with Gasteiger partial charge < -0.3 is 5.11 Å². The smallest absolute Gasteiger partial charge is 0.355 e. The normalized spacial score (nSPS) is 13.5. The Morgan fingerprint density at radius 3 is 2.52 bits per heavy atom. The van der Waals surface area contributed by atoms with Gasteiger partial charge in [-0.3, -0.25) is 4.98 Å². The van der Waals surface area contributed by atoms with Gasteiger partial charge in [-0.25, -0.2) is 32.4 Å². The third-order valence-corrected chi connectivity index (χ3v) is 9.49. The van der Waals surface area contributed by atoms with Crippen molar-refractivity contribution in [2.75, 3.05) is 0 Å². The van der Waals surface area contributed by atoms with Gasteiger partial charge >= 0.3 is 5.97 Å². The van der Waals surface area contributed by atoms with Crippen LogP contribution >= 0.6 is 11.3 Å². The Bertz CT molecular complexity index is 1980. The Morgan fingerprint density at radius 1 is 1.14 bits per heavy atom. The van der Waals surface area contributed by atoms with Crippen LogP contribution in [0.25, 0.3) is 27.6 Å². The van der Waals surface area contributed by atoms with Gasteiger partial charge in [0.1, 0.15) is 10.7 Å². The van der Waals surface area contributed by atoms with Crippen molar-refractivity contribution >= 4 is 27.3 Å². The first-order valence-electron chi connectivity index (χ1n) is 14.2. The number of rotatable bonds is 10. The zero-order valence-corrected chi connectivity index (χ0v) is 25.7. The Morgan fingerprint density at radius 2 is 1.91 bits per heavy atom. The van der Waals surface area contributed by atoms with Gasteiger partial charge in [0.2, 0.25) is 15.2 Å². The van der Waals surface area contributed by atoms with Crippen LogP contribution in [-0.2, 0) is 22.9 Å². The second-order valence-electron chi connectivity index (χ2n) is 11.4. The molecule has 1 aliphatic rings. The van der Waals surface area contributed by atoms with Crippen molar-refractivity contribution in [2.45, 2.75) is 50.3 Å². The highest BCUT2D eigenvalue weighted by atomic mass is 32.2. The molecule has 9 nitrogen and oxygen atoms in total. The number of carboxylic acid groups (broad SMARTS) is 1. The second kappa shape index (κ2) is 11.7. The molecule has 226 valence electrons. The molecule has 0 unspecified atom stereocenters. The number of carbonyl (C=O) groups is 1. The molecule has 0 atom stereocenters. The molecule has 12 heteroatoms. The molecule has 0 aliphatic heterocycles. The van der Waals surface area contributed by atoms with Crippen molar-refractivity contribution in [2.24, 2.45) is 11.1 Å². The lowest BCUT2D eigenvalue weighted by Gasteiger charge is -2.10. The number of nitrogens with zero attached hydrogens (tertiary/aromatic N) is 4. The first-order valence-corrected chi connectivity index (χ1v) is 16.6. The molecule has 44 heavy (non-hydrogen) atoms. The van der Waals surface area contributed by atoms with Crippen LogP contribution in [0, 0.1) is 11.7 Å². The first-order chi connectivity index (χ1) is 21.0. The van der Waals surface area contributed by atoms with Gasteiger partial charge in [-0.15, -0.1) is 11.3 Å². The number of carboxylic acids is 1. The SMILES string of the molecule is CC(C)c1ccc(-c2cccc(-c3nn(-c4nc(C(=O)O)cs4)c(CC4CC4)c3Cc3ccc(S(N)(=O)=O)c(F)c3)c2)nc1. The minimum atomic E-state index is -4.22. The number of nitrogens with two attached hydrogens (primary N) is 1. The number of hydrogen-bond acceptors (Lipinski definition) is 7. The fraction of sp³-hybridized carbons (Fsp3) is 0.250. The van der Waals surface area contributed by atoms with E-state index in [-0.39, 0.29) is 12.1 Å². The lowest BCUT2D eigenvalue weighted by atomic mass is 9.95. The maximum atomic E-state index is 14.9. The molecule has 1 fully saturated rings. The van der Waals surface area contributed by atoms with Gasteiger partial charge in [0.05, 0.1) is 17.1 Å². The third kappa shape index (κ3) is 6.19. The molecule has 1 aliphatic carbocycles. The molecule has 1 saturated carbocycles. The summed E-state index contributed by atoms with van der Waals surface area (Å²) in [5.41, 5.74) is 6.45. The molecule has 3 heterocycles. The van der Waals surface area contributed by atoms with Gasteiger partial charge in [0.25, 0.3) is 0 Å². The van der Waals surface area contributed by atoms with E-state index >= 15 is 0 Å². The molecule has 2 aromatic carbocycles. The summed E-state index contributed by atoms with van der Waals surface area (Å²) < 4.78 is 40.3. The lowest BCUT2D eigenvalue weighted by Crippen LogP contribution is -2.14. The average Bonchev–Trinajstić information content (AvgIpc) is 3.54. The molecule has 0 bridgehead atoms. The second-order valence-corrected chi connectivity index (χ2v) is 13.7. The van der Waals surface area contributed by atoms with Crippen molar-refractivity contribution in [3.8, 4) is 27.6 Å². The molecule has 6 rings (SSSR count). The van der Waals surface area contributed by atoms with Gasteiger partial charge in [-0.1, -0.05) is 44.2 Å². The number of sulfonamides is 1. The van der Waals surface area contributed by atoms with Crippen molar-refractivity contribution < 1.29 is 22.7 Å². The number of hydrogen-bond donors (Lipinski definition) is 2. The highest BCUT2D eigenvalue weighted by Crippen LogP contribution is 2.39. The van der Waals surface area contributed by atoms with Gasteiger partial charge in [0.15, 0.2) is 5.69 Å². The van der Waals surface area contributed by atoms with Crippen LogP contribution in [0.1, 0.15) is 65.5 Å². The molecule has 3 aromatic heterocycles. The standard InChI is InChI=1S/C32H30FN5O4S2/c1-18(2)23-9-10-26(35-16-23)21-4-3-5-22(15-21)30-24(12-20-8-11-29(25(33)13-20)44(34,41)42)28(14-19-6-7-19)38(37-30)32-36-27(17-43-32)31(39)40/h3-5,8-11,13,15-19H,6-7,12,14H2,1-2H3,(H,39,40)(H2,34,41,42). The molecule has 0 spiro atoms. The van der Waals surface area contributed by atoms with Crippen molar-refractivity contribution in [1.82, 2.24) is 19.7 Å². The molecule has 0 saturated heterocycles. The topological polar surface area (TPSA) is 141 Å². The number of halogens is 1. The summed E-state index contributed by atoms with van der Waals surface area (Å²) in [6.45, 7) is 4.23. The predicted octanol–water partition coefficient (Wildman–Crippen LogP) is 6.21. The van der Waals surface area contributed by atoms with Crippen molar-refractivity contribution in [3.63, 3.8) is 0 Å². The first kappa shape index (κ1) is 29.8. The summed E-state index contributed by atoms with van der Waals surface area (Å²) in [5.74, 6) is -1.26. The number of primary sulfonamides is 1. The molecular formula is C32H30FN5O4S2. The lowest BCUT2D eigenvalue weighted by molar-refractivity contribution is 0.0691. The Labute approximate surface area is 258 Å². The number of aromatic carboxylic acids is 1. The van der Waals surface area contributed by atoms with E-state index in [4.69, 9.17) is 10.2 Å². The summed E-state index contributed by atoms with van der Waals surface area (Å²) in [6.07, 6.45) is 4.93. The Balaban J connectivity index is 1.50. The molecule has 5 aromatic rings. The Kier molecular flexibility index (Phi) is 7.91. The molecular weight excluding hydrogens is 602 g/mol. The summed E-state index contributed by atoms with van der Waals surface area (Å²) >= 11 is 1.18. The molecule has 3 N–H and O–H groups in total. The fourth-order valence-electron chi connectivity index (χ4n) is 5.16. The van der Waals surface area contributed by atoms with Crippen LogP contribution in [0.4, 0.5) is 4.39 Å². The molecule has 0 amide bonds. The largest absolute Gasteiger partial charge is 0.476 e. The minimum Gasteiger partial charge on any atom is -0.476 e. The maximum Gasteiger partial charge on any atom is 0.355 e. The van der Waals surface area contributed by atoms with E-state index in [1.807, 2.05) is 36.5 Å². The van der Waals surface area contributed by atoms with E-state index in [0.29, 0.717) is 34.6 Å². The van der Waals surface area contributed by atoms with E-state index in [0.717, 1.165) is 46.5 Å². The third-order valence-electron chi connectivity index (χ3n) is 7.73. The van der Waals surface area contributed by atoms with Gasteiger partial charge in [-0.2, -0.15) is 5.10 Å². The van der Waals surface area contributed by atoms with Crippen LogP contribution in [0.3, 0.4) is 0 Å². The number of pyridine rings is 1. The number of benzene rings is 2. The van der Waals surface area contributed by atoms with Crippen molar-refractivity contribution in [1.29, 1.82) is 0 Å². The number of aromatic nitrogens is 4.